The van der Waals surface area contributed by atoms with Crippen molar-refractivity contribution in [2.24, 2.45) is 0 Å². The SMILES string of the molecule is CCCc1nc(CCC)n(Cc2ccc(-n3c(C(C)(C)C)cc(C(C)(C)C)c3-c3nnn[nH]3)cc2)n1. The molecule has 0 unspecified atom stereocenters. The molecule has 0 bridgehead atoms. The van der Waals surface area contributed by atoms with Gasteiger partial charge in [-0.1, -0.05) is 67.5 Å². The highest BCUT2D eigenvalue weighted by molar-refractivity contribution is 5.64. The number of aromatic nitrogens is 8. The van der Waals surface area contributed by atoms with Crippen molar-refractivity contribution in [3.8, 4) is 17.2 Å². The van der Waals surface area contributed by atoms with Crippen LogP contribution in [0.3, 0.4) is 0 Å². The van der Waals surface area contributed by atoms with Gasteiger partial charge in [0, 0.05) is 29.6 Å². The molecule has 0 fully saturated rings. The van der Waals surface area contributed by atoms with Gasteiger partial charge in [-0.15, -0.1) is 5.10 Å². The molecule has 8 nitrogen and oxygen atoms in total. The van der Waals surface area contributed by atoms with Crippen molar-refractivity contribution in [3.05, 3.63) is 58.8 Å². The summed E-state index contributed by atoms with van der Waals surface area (Å²) in [5.41, 5.74) is 5.58. The van der Waals surface area contributed by atoms with Crippen molar-refractivity contribution in [1.29, 1.82) is 0 Å². The lowest BCUT2D eigenvalue weighted by molar-refractivity contribution is 0.556. The van der Waals surface area contributed by atoms with Crippen molar-refractivity contribution < 1.29 is 0 Å². The summed E-state index contributed by atoms with van der Waals surface area (Å²) in [6.45, 7) is 18.5. The van der Waals surface area contributed by atoms with Crippen LogP contribution < -0.4 is 0 Å². The molecule has 0 amide bonds. The van der Waals surface area contributed by atoms with Crippen LogP contribution in [-0.4, -0.2) is 40.0 Å². The van der Waals surface area contributed by atoms with Crippen LogP contribution in [0.15, 0.2) is 30.3 Å². The Morgan fingerprint density at radius 2 is 1.58 bits per heavy atom. The Morgan fingerprint density at radius 3 is 2.14 bits per heavy atom. The first kappa shape index (κ1) is 25.8. The van der Waals surface area contributed by atoms with Crippen LogP contribution in [0, 0.1) is 0 Å². The maximum Gasteiger partial charge on any atom is 0.196 e. The fraction of sp³-hybridized carbons (Fsp3) is 0.536. The van der Waals surface area contributed by atoms with Gasteiger partial charge in [0.15, 0.2) is 11.6 Å². The van der Waals surface area contributed by atoms with E-state index in [-0.39, 0.29) is 10.8 Å². The Kier molecular flexibility index (Phi) is 7.16. The molecule has 0 spiro atoms. The second-order valence-corrected chi connectivity index (χ2v) is 11.6. The highest BCUT2D eigenvalue weighted by Crippen LogP contribution is 2.40. The van der Waals surface area contributed by atoms with Gasteiger partial charge in [-0.3, -0.25) is 0 Å². The summed E-state index contributed by atoms with van der Waals surface area (Å²) in [6, 6.07) is 11.1. The standard InChI is InChI=1S/C28H40N8/c1-9-11-23-29-24(12-10-2)35(32-23)18-19-13-15-20(16-14-19)36-22(28(6,7)8)17-21(27(3,4)5)25(36)26-30-33-34-31-26/h13-17H,9-12,18H2,1-8H3,(H,30,31,33,34). The van der Waals surface area contributed by atoms with Gasteiger partial charge in [0.2, 0.25) is 0 Å². The number of aromatic amines is 1. The molecule has 0 saturated heterocycles. The number of H-pyrrole nitrogens is 1. The summed E-state index contributed by atoms with van der Waals surface area (Å²) in [7, 11) is 0. The molecule has 1 aromatic carbocycles. The molecule has 3 aromatic heterocycles. The van der Waals surface area contributed by atoms with E-state index in [1.54, 1.807) is 0 Å². The minimum Gasteiger partial charge on any atom is -0.310 e. The number of nitrogens with zero attached hydrogens (tertiary/aromatic N) is 7. The first-order valence-electron chi connectivity index (χ1n) is 13.1. The number of aryl methyl sites for hydroxylation is 2. The normalized spacial score (nSPS) is 12.4. The fourth-order valence-electron chi connectivity index (χ4n) is 4.61. The van der Waals surface area contributed by atoms with E-state index in [1.807, 2.05) is 0 Å². The van der Waals surface area contributed by atoms with Crippen LogP contribution >= 0.6 is 0 Å². The first-order chi connectivity index (χ1) is 17.0. The summed E-state index contributed by atoms with van der Waals surface area (Å²) in [4.78, 5) is 4.78. The van der Waals surface area contributed by atoms with E-state index in [1.165, 1.54) is 16.8 Å². The average Bonchev–Trinajstić information content (AvgIpc) is 3.53. The Balaban J connectivity index is 1.77. The molecule has 192 valence electrons. The van der Waals surface area contributed by atoms with Crippen LogP contribution in [-0.2, 0) is 30.2 Å². The van der Waals surface area contributed by atoms with E-state index in [9.17, 15) is 0 Å². The Morgan fingerprint density at radius 1 is 0.889 bits per heavy atom. The number of tetrazole rings is 1. The van der Waals surface area contributed by atoms with Gasteiger partial charge in [0.25, 0.3) is 0 Å². The smallest absolute Gasteiger partial charge is 0.196 e. The maximum atomic E-state index is 4.79. The number of nitrogens with one attached hydrogen (secondary N) is 1. The molecule has 0 aliphatic carbocycles. The molecule has 4 rings (SSSR count). The fourth-order valence-corrected chi connectivity index (χ4v) is 4.61. The van der Waals surface area contributed by atoms with Crippen LogP contribution in [0.2, 0.25) is 0 Å². The number of rotatable bonds is 8. The largest absolute Gasteiger partial charge is 0.310 e. The van der Waals surface area contributed by atoms with Crippen molar-refractivity contribution in [2.45, 2.75) is 98.4 Å². The van der Waals surface area contributed by atoms with Crippen LogP contribution in [0.1, 0.15) is 96.7 Å². The first-order valence-corrected chi connectivity index (χ1v) is 13.1. The predicted molar refractivity (Wildman–Crippen MR) is 143 cm³/mol. The zero-order chi connectivity index (χ0) is 26.1. The maximum absolute atomic E-state index is 4.79. The van der Waals surface area contributed by atoms with E-state index in [0.29, 0.717) is 5.82 Å². The summed E-state index contributed by atoms with van der Waals surface area (Å²) >= 11 is 0. The molecule has 36 heavy (non-hydrogen) atoms. The molecule has 0 saturated carbocycles. The quantitative estimate of drug-likeness (QED) is 0.339. The molecule has 0 radical (unpaired) electrons. The topological polar surface area (TPSA) is 90.1 Å². The zero-order valence-corrected chi connectivity index (χ0v) is 23.1. The monoisotopic (exact) mass is 488 g/mol. The van der Waals surface area contributed by atoms with Crippen LogP contribution in [0.4, 0.5) is 0 Å². The summed E-state index contributed by atoms with van der Waals surface area (Å²) in [5.74, 6) is 2.69. The van der Waals surface area contributed by atoms with E-state index in [0.717, 1.165) is 55.3 Å². The molecule has 0 aliphatic heterocycles. The van der Waals surface area contributed by atoms with Crippen molar-refractivity contribution in [3.63, 3.8) is 0 Å². The lowest BCUT2D eigenvalue weighted by Crippen LogP contribution is -2.17. The molecule has 3 heterocycles. The Bertz CT molecular complexity index is 1280. The number of benzene rings is 1. The van der Waals surface area contributed by atoms with Gasteiger partial charge in [-0.2, -0.15) is 5.10 Å². The highest BCUT2D eigenvalue weighted by Gasteiger charge is 2.31. The third-order valence-corrected chi connectivity index (χ3v) is 6.41. The van der Waals surface area contributed by atoms with Crippen LogP contribution in [0.25, 0.3) is 17.2 Å². The lowest BCUT2D eigenvalue weighted by atomic mass is 9.85. The summed E-state index contributed by atoms with van der Waals surface area (Å²) in [6.07, 6.45) is 3.97. The summed E-state index contributed by atoms with van der Waals surface area (Å²) < 4.78 is 4.38. The lowest BCUT2D eigenvalue weighted by Gasteiger charge is -2.23. The third kappa shape index (κ3) is 5.27. The molecule has 8 heteroatoms. The highest BCUT2D eigenvalue weighted by atomic mass is 15.5. The van der Waals surface area contributed by atoms with E-state index in [4.69, 9.17) is 10.1 Å². The van der Waals surface area contributed by atoms with E-state index in [2.05, 4.69) is 116 Å². The van der Waals surface area contributed by atoms with Gasteiger partial charge >= 0.3 is 0 Å². The van der Waals surface area contributed by atoms with Gasteiger partial charge in [0.1, 0.15) is 5.82 Å². The van der Waals surface area contributed by atoms with Gasteiger partial charge < -0.3 is 4.57 Å². The molecule has 0 aliphatic rings. The van der Waals surface area contributed by atoms with Crippen molar-refractivity contribution in [2.75, 3.05) is 0 Å². The van der Waals surface area contributed by atoms with Crippen molar-refractivity contribution in [1.82, 2.24) is 40.0 Å². The molecular weight excluding hydrogens is 448 g/mol. The van der Waals surface area contributed by atoms with Gasteiger partial charge in [0.05, 0.1) is 12.2 Å². The molecule has 1 N–H and O–H groups in total. The van der Waals surface area contributed by atoms with Crippen molar-refractivity contribution >= 4 is 0 Å². The Hall–Kier alpha value is -3.29. The second kappa shape index (κ2) is 9.99. The minimum atomic E-state index is -0.0771. The third-order valence-electron chi connectivity index (χ3n) is 6.41. The van der Waals surface area contributed by atoms with E-state index < -0.39 is 0 Å². The second-order valence-electron chi connectivity index (χ2n) is 11.6. The average molecular weight is 489 g/mol. The number of hydrogen-bond donors (Lipinski definition) is 1. The summed E-state index contributed by atoms with van der Waals surface area (Å²) in [5, 5.41) is 19.9. The molecular formula is C28H40N8. The van der Waals surface area contributed by atoms with Crippen LogP contribution in [0.5, 0.6) is 0 Å². The van der Waals surface area contributed by atoms with E-state index >= 15 is 0 Å². The van der Waals surface area contributed by atoms with Gasteiger partial charge in [-0.05, 0) is 58.0 Å². The number of hydrogen-bond acceptors (Lipinski definition) is 5. The Labute approximate surface area is 214 Å². The minimum absolute atomic E-state index is 0.0736. The van der Waals surface area contributed by atoms with Gasteiger partial charge in [-0.25, -0.2) is 14.8 Å². The molecule has 0 atom stereocenters. The zero-order valence-electron chi connectivity index (χ0n) is 23.1. The predicted octanol–water partition coefficient (Wildman–Crippen LogP) is 5.80. The molecule has 4 aromatic rings.